The van der Waals surface area contributed by atoms with Gasteiger partial charge in [0.25, 0.3) is 0 Å². The fourth-order valence-corrected chi connectivity index (χ4v) is 2.87. The zero-order valence-electron chi connectivity index (χ0n) is 10.0. The van der Waals surface area contributed by atoms with Crippen molar-refractivity contribution in [2.75, 3.05) is 46.3 Å². The molecule has 3 heteroatoms. The lowest BCUT2D eigenvalue weighted by molar-refractivity contribution is 0.162. The van der Waals surface area contributed by atoms with Crippen molar-refractivity contribution >= 4 is 0 Å². The summed E-state index contributed by atoms with van der Waals surface area (Å²) in [6.45, 7) is 7.67. The molecule has 0 amide bonds. The van der Waals surface area contributed by atoms with E-state index >= 15 is 0 Å². The molecule has 0 aromatic carbocycles. The average molecular weight is 211 g/mol. The summed E-state index contributed by atoms with van der Waals surface area (Å²) in [7, 11) is 2.04. The summed E-state index contributed by atoms with van der Waals surface area (Å²) < 4.78 is 0. The van der Waals surface area contributed by atoms with Crippen LogP contribution in [0.2, 0.25) is 0 Å². The summed E-state index contributed by atoms with van der Waals surface area (Å²) in [6.07, 6.45) is 5.69. The first-order chi connectivity index (χ1) is 7.40. The minimum atomic E-state index is 0.863. The number of nitrogens with one attached hydrogen (secondary N) is 1. The molecule has 2 saturated heterocycles. The summed E-state index contributed by atoms with van der Waals surface area (Å²) in [4.78, 5) is 5.33. The lowest BCUT2D eigenvalue weighted by Crippen LogP contribution is -2.41. The topological polar surface area (TPSA) is 18.5 Å². The van der Waals surface area contributed by atoms with Crippen molar-refractivity contribution in [3.05, 3.63) is 0 Å². The van der Waals surface area contributed by atoms with Gasteiger partial charge in [-0.1, -0.05) is 6.42 Å². The average Bonchev–Trinajstić information content (AvgIpc) is 2.76. The van der Waals surface area contributed by atoms with Gasteiger partial charge in [0.05, 0.1) is 0 Å². The van der Waals surface area contributed by atoms with Crippen LogP contribution >= 0.6 is 0 Å². The summed E-state index contributed by atoms with van der Waals surface area (Å²) in [6, 6.07) is 0.863. The number of hydrogen-bond donors (Lipinski definition) is 1. The van der Waals surface area contributed by atoms with Crippen LogP contribution in [0.1, 0.15) is 25.7 Å². The fraction of sp³-hybridized carbons (Fsp3) is 1.00. The van der Waals surface area contributed by atoms with Crippen molar-refractivity contribution in [2.45, 2.75) is 31.7 Å². The molecule has 3 nitrogen and oxygen atoms in total. The minimum Gasteiger partial charge on any atom is -0.318 e. The van der Waals surface area contributed by atoms with Gasteiger partial charge in [0.15, 0.2) is 0 Å². The van der Waals surface area contributed by atoms with Crippen LogP contribution in [0.5, 0.6) is 0 Å². The summed E-state index contributed by atoms with van der Waals surface area (Å²) in [5.41, 5.74) is 0. The van der Waals surface area contributed by atoms with Crippen LogP contribution < -0.4 is 5.32 Å². The molecular formula is C12H25N3. The van der Waals surface area contributed by atoms with Crippen molar-refractivity contribution in [2.24, 2.45) is 0 Å². The van der Waals surface area contributed by atoms with Gasteiger partial charge in [0.1, 0.15) is 0 Å². The third-order valence-corrected chi connectivity index (χ3v) is 3.83. The molecule has 1 N–H and O–H groups in total. The number of likely N-dealkylation sites (N-methyl/N-ethyl adjacent to an activating group) is 1. The highest BCUT2D eigenvalue weighted by atomic mass is 15.3. The molecule has 0 radical (unpaired) electrons. The van der Waals surface area contributed by atoms with Crippen LogP contribution in [0.3, 0.4) is 0 Å². The van der Waals surface area contributed by atoms with E-state index in [-0.39, 0.29) is 0 Å². The van der Waals surface area contributed by atoms with Crippen LogP contribution in [0.15, 0.2) is 0 Å². The van der Waals surface area contributed by atoms with Crippen molar-refractivity contribution in [1.29, 1.82) is 0 Å². The molecule has 0 aliphatic carbocycles. The second-order valence-corrected chi connectivity index (χ2v) is 4.94. The smallest absolute Gasteiger partial charge is 0.0235 e. The molecule has 0 aromatic heterocycles. The SMILES string of the molecule is CNCCN1CCC(N2CCCCC2)C1. The Hall–Kier alpha value is -0.120. The molecule has 2 rings (SSSR count). The van der Waals surface area contributed by atoms with E-state index in [2.05, 4.69) is 15.1 Å². The van der Waals surface area contributed by atoms with Gasteiger partial charge in [-0.05, 0) is 45.9 Å². The van der Waals surface area contributed by atoms with Crippen LogP contribution in [-0.4, -0.2) is 62.2 Å². The normalized spacial score (nSPS) is 29.8. The molecular weight excluding hydrogens is 186 g/mol. The van der Waals surface area contributed by atoms with E-state index in [0.717, 1.165) is 12.6 Å². The molecule has 2 fully saturated rings. The Morgan fingerprint density at radius 1 is 1.13 bits per heavy atom. The second kappa shape index (κ2) is 5.83. The van der Waals surface area contributed by atoms with Gasteiger partial charge < -0.3 is 10.2 Å². The van der Waals surface area contributed by atoms with Gasteiger partial charge in [-0.3, -0.25) is 4.90 Å². The van der Waals surface area contributed by atoms with E-state index in [1.165, 1.54) is 58.4 Å². The Balaban J connectivity index is 1.71. The molecule has 1 unspecified atom stereocenters. The minimum absolute atomic E-state index is 0.863. The monoisotopic (exact) mass is 211 g/mol. The van der Waals surface area contributed by atoms with E-state index in [1.807, 2.05) is 7.05 Å². The number of piperidine rings is 1. The largest absolute Gasteiger partial charge is 0.318 e. The highest BCUT2D eigenvalue weighted by molar-refractivity contribution is 4.84. The Morgan fingerprint density at radius 2 is 1.93 bits per heavy atom. The third-order valence-electron chi connectivity index (χ3n) is 3.83. The van der Waals surface area contributed by atoms with Crippen LogP contribution in [0.25, 0.3) is 0 Å². The van der Waals surface area contributed by atoms with Crippen molar-refractivity contribution in [3.63, 3.8) is 0 Å². The predicted molar refractivity (Wildman–Crippen MR) is 64.2 cm³/mol. The van der Waals surface area contributed by atoms with E-state index in [1.54, 1.807) is 0 Å². The molecule has 0 spiro atoms. The Bertz CT molecular complexity index is 178. The molecule has 2 aliphatic rings. The molecule has 0 aromatic rings. The van der Waals surface area contributed by atoms with Crippen LogP contribution in [-0.2, 0) is 0 Å². The zero-order chi connectivity index (χ0) is 10.5. The highest BCUT2D eigenvalue weighted by Crippen LogP contribution is 2.19. The van der Waals surface area contributed by atoms with Gasteiger partial charge in [-0.2, -0.15) is 0 Å². The zero-order valence-corrected chi connectivity index (χ0v) is 10.0. The molecule has 0 saturated carbocycles. The Kier molecular flexibility index (Phi) is 4.42. The third kappa shape index (κ3) is 3.16. The van der Waals surface area contributed by atoms with Gasteiger partial charge >= 0.3 is 0 Å². The number of hydrogen-bond acceptors (Lipinski definition) is 3. The quantitative estimate of drug-likeness (QED) is 0.741. The van der Waals surface area contributed by atoms with Crippen LogP contribution in [0, 0.1) is 0 Å². The first-order valence-electron chi connectivity index (χ1n) is 6.51. The maximum absolute atomic E-state index is 3.23. The molecule has 2 aliphatic heterocycles. The standard InChI is InChI=1S/C12H25N3/c1-13-6-10-14-9-5-12(11-14)15-7-3-2-4-8-15/h12-13H,2-11H2,1H3. The van der Waals surface area contributed by atoms with Crippen LogP contribution in [0.4, 0.5) is 0 Å². The second-order valence-electron chi connectivity index (χ2n) is 4.94. The summed E-state index contributed by atoms with van der Waals surface area (Å²) >= 11 is 0. The number of rotatable bonds is 4. The maximum atomic E-state index is 3.23. The van der Waals surface area contributed by atoms with E-state index in [0.29, 0.717) is 0 Å². The van der Waals surface area contributed by atoms with Crippen molar-refractivity contribution in [1.82, 2.24) is 15.1 Å². The Labute approximate surface area is 93.8 Å². The summed E-state index contributed by atoms with van der Waals surface area (Å²) in [5, 5.41) is 3.23. The predicted octanol–water partition coefficient (Wildman–Crippen LogP) is 0.766. The highest BCUT2D eigenvalue weighted by Gasteiger charge is 2.27. The molecule has 88 valence electrons. The number of likely N-dealkylation sites (tertiary alicyclic amines) is 2. The van der Waals surface area contributed by atoms with Gasteiger partial charge in [0, 0.05) is 25.7 Å². The van der Waals surface area contributed by atoms with E-state index in [4.69, 9.17) is 0 Å². The van der Waals surface area contributed by atoms with Gasteiger partial charge in [-0.25, -0.2) is 0 Å². The first-order valence-corrected chi connectivity index (χ1v) is 6.51. The first kappa shape index (κ1) is 11.4. The Morgan fingerprint density at radius 3 is 2.67 bits per heavy atom. The number of nitrogens with zero attached hydrogens (tertiary/aromatic N) is 2. The fourth-order valence-electron chi connectivity index (χ4n) is 2.87. The van der Waals surface area contributed by atoms with Gasteiger partial charge in [-0.15, -0.1) is 0 Å². The lowest BCUT2D eigenvalue weighted by atomic mass is 10.1. The maximum Gasteiger partial charge on any atom is 0.0235 e. The van der Waals surface area contributed by atoms with E-state index < -0.39 is 0 Å². The van der Waals surface area contributed by atoms with Crippen molar-refractivity contribution in [3.8, 4) is 0 Å². The van der Waals surface area contributed by atoms with Gasteiger partial charge in [0.2, 0.25) is 0 Å². The molecule has 0 bridgehead atoms. The van der Waals surface area contributed by atoms with Crippen molar-refractivity contribution < 1.29 is 0 Å². The molecule has 2 heterocycles. The summed E-state index contributed by atoms with van der Waals surface area (Å²) in [5.74, 6) is 0. The molecule has 15 heavy (non-hydrogen) atoms. The lowest BCUT2D eigenvalue weighted by Gasteiger charge is -2.32. The molecule has 1 atom stereocenters. The van der Waals surface area contributed by atoms with E-state index in [9.17, 15) is 0 Å².